The lowest BCUT2D eigenvalue weighted by Gasteiger charge is -2.29. The highest BCUT2D eigenvalue weighted by molar-refractivity contribution is 9.10. The van der Waals surface area contributed by atoms with Gasteiger partial charge >= 0.3 is 0 Å². The molecule has 1 saturated heterocycles. The number of halogens is 1. The molecule has 0 spiro atoms. The highest BCUT2D eigenvalue weighted by Crippen LogP contribution is 2.32. The predicted octanol–water partition coefficient (Wildman–Crippen LogP) is 3.02. The van der Waals surface area contributed by atoms with Crippen LogP contribution < -0.4 is 4.90 Å². The van der Waals surface area contributed by atoms with Crippen LogP contribution in [0.1, 0.15) is 12.8 Å². The second kappa shape index (κ2) is 4.55. The minimum Gasteiger partial charge on any atom is -0.391 e. The van der Waals surface area contributed by atoms with Crippen molar-refractivity contribution in [1.82, 2.24) is 4.98 Å². The van der Waals surface area contributed by atoms with Gasteiger partial charge < -0.3 is 10.0 Å². The van der Waals surface area contributed by atoms with Crippen LogP contribution in [0.15, 0.2) is 22.7 Å². The monoisotopic (exact) mass is 312 g/mol. The molecule has 1 aliphatic rings. The highest BCUT2D eigenvalue weighted by Gasteiger charge is 2.20. The lowest BCUT2D eigenvalue weighted by Crippen LogP contribution is -2.38. The van der Waals surface area contributed by atoms with E-state index in [1.54, 1.807) is 11.3 Å². The van der Waals surface area contributed by atoms with Gasteiger partial charge in [0.15, 0.2) is 5.13 Å². The van der Waals surface area contributed by atoms with Crippen LogP contribution in [0.2, 0.25) is 0 Å². The van der Waals surface area contributed by atoms with Crippen LogP contribution in [-0.4, -0.2) is 29.3 Å². The van der Waals surface area contributed by atoms with E-state index in [1.807, 2.05) is 12.1 Å². The maximum atomic E-state index is 9.69. The molecule has 3 nitrogen and oxygen atoms in total. The summed E-state index contributed by atoms with van der Waals surface area (Å²) in [6, 6.07) is 6.13. The molecule has 0 amide bonds. The number of hydrogen-bond acceptors (Lipinski definition) is 4. The second-order valence-electron chi connectivity index (χ2n) is 4.35. The molecule has 1 atom stereocenters. The first-order valence-electron chi connectivity index (χ1n) is 5.71. The number of thiazole rings is 1. The molecule has 1 fully saturated rings. The number of piperidine rings is 1. The van der Waals surface area contributed by atoms with E-state index in [0.717, 1.165) is 34.5 Å². The van der Waals surface area contributed by atoms with Crippen LogP contribution in [0, 0.1) is 0 Å². The van der Waals surface area contributed by atoms with Crippen LogP contribution in [0.25, 0.3) is 10.2 Å². The summed E-state index contributed by atoms with van der Waals surface area (Å²) >= 11 is 5.17. The number of benzene rings is 1. The number of aliphatic hydroxyl groups is 1. The fourth-order valence-corrected chi connectivity index (χ4v) is 3.70. The molecule has 5 heteroatoms. The van der Waals surface area contributed by atoms with Crippen LogP contribution >= 0.6 is 27.3 Å². The number of fused-ring (bicyclic) bond motifs is 1. The summed E-state index contributed by atoms with van der Waals surface area (Å²) < 4.78 is 2.27. The Morgan fingerprint density at radius 1 is 1.47 bits per heavy atom. The van der Waals surface area contributed by atoms with Crippen molar-refractivity contribution < 1.29 is 5.11 Å². The number of rotatable bonds is 1. The van der Waals surface area contributed by atoms with Gasteiger partial charge in [-0.15, -0.1) is 0 Å². The summed E-state index contributed by atoms with van der Waals surface area (Å²) in [4.78, 5) is 6.81. The van der Waals surface area contributed by atoms with Crippen molar-refractivity contribution in [1.29, 1.82) is 0 Å². The first-order chi connectivity index (χ1) is 8.22. The molecule has 0 saturated carbocycles. The van der Waals surface area contributed by atoms with Crippen LogP contribution in [-0.2, 0) is 0 Å². The SMILES string of the molecule is OC1CCCN(c2nc3ccc(Br)cc3s2)C1. The maximum absolute atomic E-state index is 9.69. The van der Waals surface area contributed by atoms with Crippen molar-refractivity contribution in [2.45, 2.75) is 18.9 Å². The Hall–Kier alpha value is -0.650. The fraction of sp³-hybridized carbons (Fsp3) is 0.417. The van der Waals surface area contributed by atoms with E-state index in [-0.39, 0.29) is 6.10 Å². The minimum atomic E-state index is -0.206. The van der Waals surface area contributed by atoms with Crippen LogP contribution in [0.5, 0.6) is 0 Å². The Balaban J connectivity index is 1.94. The molecule has 0 radical (unpaired) electrons. The average molecular weight is 313 g/mol. The molecule has 2 aromatic rings. The third-order valence-corrected chi connectivity index (χ3v) is 4.58. The smallest absolute Gasteiger partial charge is 0.186 e. The summed E-state index contributed by atoms with van der Waals surface area (Å²) in [5.41, 5.74) is 1.04. The minimum absolute atomic E-state index is 0.206. The first kappa shape index (κ1) is 11.4. The molecule has 90 valence electrons. The molecule has 1 aromatic heterocycles. The maximum Gasteiger partial charge on any atom is 0.186 e. The molecule has 1 N–H and O–H groups in total. The number of β-amino-alcohol motifs (C(OH)–C–C–N with tert-alkyl or cyclic N) is 1. The Labute approximate surface area is 112 Å². The van der Waals surface area contributed by atoms with E-state index < -0.39 is 0 Å². The second-order valence-corrected chi connectivity index (χ2v) is 6.28. The molecular weight excluding hydrogens is 300 g/mol. The Morgan fingerprint density at radius 2 is 2.35 bits per heavy atom. The quantitative estimate of drug-likeness (QED) is 0.879. The van der Waals surface area contributed by atoms with Gasteiger partial charge in [-0.3, -0.25) is 0 Å². The number of hydrogen-bond donors (Lipinski definition) is 1. The molecule has 2 heterocycles. The van der Waals surface area contributed by atoms with Gasteiger partial charge in [0.1, 0.15) is 0 Å². The van der Waals surface area contributed by atoms with Crippen molar-refractivity contribution in [3.8, 4) is 0 Å². The third-order valence-electron chi connectivity index (χ3n) is 3.01. The van der Waals surface area contributed by atoms with E-state index >= 15 is 0 Å². The van der Waals surface area contributed by atoms with E-state index in [9.17, 15) is 5.11 Å². The van der Waals surface area contributed by atoms with Gasteiger partial charge in [0.2, 0.25) is 0 Å². The van der Waals surface area contributed by atoms with Crippen molar-refractivity contribution in [2.75, 3.05) is 18.0 Å². The Kier molecular flexibility index (Phi) is 3.06. The molecule has 17 heavy (non-hydrogen) atoms. The predicted molar refractivity (Wildman–Crippen MR) is 74.8 cm³/mol. The molecule has 3 rings (SSSR count). The molecule has 0 aliphatic carbocycles. The van der Waals surface area contributed by atoms with Gasteiger partial charge in [0.05, 0.1) is 16.3 Å². The largest absolute Gasteiger partial charge is 0.391 e. The summed E-state index contributed by atoms with van der Waals surface area (Å²) in [5.74, 6) is 0. The standard InChI is InChI=1S/C12H13BrN2OS/c13-8-3-4-10-11(6-8)17-12(14-10)15-5-1-2-9(16)7-15/h3-4,6,9,16H,1-2,5,7H2. The summed E-state index contributed by atoms with van der Waals surface area (Å²) in [7, 11) is 0. The van der Waals surface area contributed by atoms with Gasteiger partial charge in [0.25, 0.3) is 0 Å². The zero-order valence-electron chi connectivity index (χ0n) is 9.27. The molecule has 1 aromatic carbocycles. The van der Waals surface area contributed by atoms with Crippen molar-refractivity contribution in [3.05, 3.63) is 22.7 Å². The van der Waals surface area contributed by atoms with Crippen LogP contribution in [0.4, 0.5) is 5.13 Å². The number of aliphatic hydroxyl groups excluding tert-OH is 1. The van der Waals surface area contributed by atoms with Gasteiger partial charge in [-0.05, 0) is 31.0 Å². The fourth-order valence-electron chi connectivity index (χ4n) is 2.15. The lowest BCUT2D eigenvalue weighted by atomic mass is 10.1. The Morgan fingerprint density at radius 3 is 3.18 bits per heavy atom. The topological polar surface area (TPSA) is 36.4 Å². The summed E-state index contributed by atoms with van der Waals surface area (Å²) in [6.45, 7) is 1.71. The van der Waals surface area contributed by atoms with Gasteiger partial charge in [0, 0.05) is 17.6 Å². The van der Waals surface area contributed by atoms with E-state index in [1.165, 1.54) is 4.70 Å². The Bertz CT molecular complexity index is 542. The summed E-state index contributed by atoms with van der Waals surface area (Å²) in [6.07, 6.45) is 1.75. The molecule has 0 bridgehead atoms. The van der Waals surface area contributed by atoms with Gasteiger partial charge in [-0.25, -0.2) is 4.98 Å². The summed E-state index contributed by atoms with van der Waals surface area (Å²) in [5, 5.41) is 10.7. The number of anilines is 1. The highest BCUT2D eigenvalue weighted by atomic mass is 79.9. The normalized spacial score (nSPS) is 21.1. The van der Waals surface area contributed by atoms with Crippen molar-refractivity contribution in [2.24, 2.45) is 0 Å². The van der Waals surface area contributed by atoms with Gasteiger partial charge in [-0.1, -0.05) is 27.3 Å². The zero-order chi connectivity index (χ0) is 11.8. The van der Waals surface area contributed by atoms with Crippen molar-refractivity contribution >= 4 is 42.6 Å². The molecular formula is C12H13BrN2OS. The number of aromatic nitrogens is 1. The lowest BCUT2D eigenvalue weighted by molar-refractivity contribution is 0.154. The van der Waals surface area contributed by atoms with E-state index in [0.29, 0.717) is 6.54 Å². The number of nitrogens with zero attached hydrogens (tertiary/aromatic N) is 2. The average Bonchev–Trinajstić information content (AvgIpc) is 2.72. The molecule has 1 aliphatic heterocycles. The molecule has 1 unspecified atom stereocenters. The zero-order valence-corrected chi connectivity index (χ0v) is 11.7. The van der Waals surface area contributed by atoms with Gasteiger partial charge in [-0.2, -0.15) is 0 Å². The van der Waals surface area contributed by atoms with Crippen molar-refractivity contribution in [3.63, 3.8) is 0 Å². The third kappa shape index (κ3) is 2.32. The first-order valence-corrected chi connectivity index (χ1v) is 7.32. The van der Waals surface area contributed by atoms with Crippen LogP contribution in [0.3, 0.4) is 0 Å². The van der Waals surface area contributed by atoms with E-state index in [4.69, 9.17) is 0 Å². The van der Waals surface area contributed by atoms with E-state index in [2.05, 4.69) is 31.9 Å².